The van der Waals surface area contributed by atoms with Crippen molar-refractivity contribution < 1.29 is 10.0 Å². The molecule has 6 heteroatoms. The minimum Gasteiger partial charge on any atom is -0.423 e. The molecule has 1 heterocycles. The maximum absolute atomic E-state index is 9.19. The number of thiol groups is 1. The van der Waals surface area contributed by atoms with Gasteiger partial charge in [-0.2, -0.15) is 0 Å². The summed E-state index contributed by atoms with van der Waals surface area (Å²) in [5.74, 6) is 0. The standard InChI is InChI=1S/C8H6BIO2S2/c10-4-1-2-6-5(3-4)7(9(11)12)8(13)14-6/h1-3,11-13H. The zero-order valence-corrected chi connectivity index (χ0v) is 10.8. The lowest BCUT2D eigenvalue weighted by atomic mass is 9.80. The molecule has 0 radical (unpaired) electrons. The molecule has 14 heavy (non-hydrogen) atoms. The van der Waals surface area contributed by atoms with Crippen molar-refractivity contribution in [1.29, 1.82) is 0 Å². The van der Waals surface area contributed by atoms with Crippen LogP contribution >= 0.6 is 46.6 Å². The molecule has 0 aliphatic rings. The number of hydrogen-bond acceptors (Lipinski definition) is 4. The normalized spacial score (nSPS) is 10.9. The molecule has 0 aliphatic carbocycles. The molecular formula is C8H6BIO2S2. The molecule has 1 aromatic carbocycles. The molecule has 0 bridgehead atoms. The van der Waals surface area contributed by atoms with Crippen molar-refractivity contribution in [1.82, 2.24) is 0 Å². The SMILES string of the molecule is OB(O)c1c(S)sc2ccc(I)cc12. The van der Waals surface area contributed by atoms with Gasteiger partial charge in [-0.1, -0.05) is 0 Å². The number of hydrogen-bond donors (Lipinski definition) is 3. The highest BCUT2D eigenvalue weighted by Gasteiger charge is 2.20. The molecule has 0 unspecified atom stereocenters. The molecule has 0 fully saturated rings. The Morgan fingerprint density at radius 3 is 2.71 bits per heavy atom. The van der Waals surface area contributed by atoms with Gasteiger partial charge in [-0.05, 0) is 46.2 Å². The van der Waals surface area contributed by atoms with Crippen LogP contribution in [0.25, 0.3) is 10.1 Å². The minimum absolute atomic E-state index is 0.506. The van der Waals surface area contributed by atoms with Crippen LogP contribution < -0.4 is 5.46 Å². The van der Waals surface area contributed by atoms with Gasteiger partial charge >= 0.3 is 7.12 Å². The molecular weight excluding hydrogens is 330 g/mol. The first-order valence-corrected chi connectivity index (χ1v) is 6.21. The van der Waals surface area contributed by atoms with Crippen LogP contribution in [0.3, 0.4) is 0 Å². The highest BCUT2D eigenvalue weighted by molar-refractivity contribution is 14.1. The summed E-state index contributed by atoms with van der Waals surface area (Å²) in [5, 5.41) is 19.3. The predicted molar refractivity (Wildman–Crippen MR) is 71.6 cm³/mol. The summed E-state index contributed by atoms with van der Waals surface area (Å²) in [6.45, 7) is 0. The van der Waals surface area contributed by atoms with E-state index in [1.165, 1.54) is 11.3 Å². The lowest BCUT2D eigenvalue weighted by Gasteiger charge is -1.98. The first kappa shape index (κ1) is 10.8. The Kier molecular flexibility index (Phi) is 3.08. The third-order valence-electron chi connectivity index (χ3n) is 1.93. The van der Waals surface area contributed by atoms with Gasteiger partial charge in [0.15, 0.2) is 0 Å². The van der Waals surface area contributed by atoms with Crippen molar-refractivity contribution in [3.8, 4) is 0 Å². The van der Waals surface area contributed by atoms with E-state index in [9.17, 15) is 10.0 Å². The van der Waals surface area contributed by atoms with E-state index in [1.54, 1.807) is 0 Å². The number of fused-ring (bicyclic) bond motifs is 1. The van der Waals surface area contributed by atoms with Gasteiger partial charge in [-0.15, -0.1) is 24.0 Å². The van der Waals surface area contributed by atoms with Gasteiger partial charge in [0.25, 0.3) is 0 Å². The molecule has 0 saturated carbocycles. The summed E-state index contributed by atoms with van der Waals surface area (Å²) < 4.78 is 2.76. The van der Waals surface area contributed by atoms with Crippen molar-refractivity contribution >= 4 is 69.2 Å². The van der Waals surface area contributed by atoms with Crippen molar-refractivity contribution in [2.45, 2.75) is 4.21 Å². The Balaban J connectivity index is 2.79. The third kappa shape index (κ3) is 1.81. The summed E-state index contributed by atoms with van der Waals surface area (Å²) in [4.78, 5) is 0. The van der Waals surface area contributed by atoms with Crippen molar-refractivity contribution in [3.05, 3.63) is 21.8 Å². The number of benzene rings is 1. The monoisotopic (exact) mass is 336 g/mol. The van der Waals surface area contributed by atoms with Gasteiger partial charge in [-0.3, -0.25) is 0 Å². The summed E-state index contributed by atoms with van der Waals surface area (Å²) in [7, 11) is -1.45. The highest BCUT2D eigenvalue weighted by Crippen LogP contribution is 2.27. The number of thiophene rings is 1. The second-order valence-corrected chi connectivity index (χ2v) is 5.88. The Hall–Kier alpha value is 0.245. The van der Waals surface area contributed by atoms with Gasteiger partial charge < -0.3 is 10.0 Å². The van der Waals surface area contributed by atoms with Crippen LogP contribution in [0.15, 0.2) is 22.4 Å². The molecule has 2 nitrogen and oxygen atoms in total. The van der Waals surface area contributed by atoms with Crippen molar-refractivity contribution in [3.63, 3.8) is 0 Å². The van der Waals surface area contributed by atoms with Crippen LogP contribution in [0.4, 0.5) is 0 Å². The van der Waals surface area contributed by atoms with Crippen molar-refractivity contribution in [2.24, 2.45) is 0 Å². The van der Waals surface area contributed by atoms with Crippen LogP contribution in [-0.4, -0.2) is 17.2 Å². The van der Waals surface area contributed by atoms with E-state index in [-0.39, 0.29) is 0 Å². The van der Waals surface area contributed by atoms with E-state index in [1.807, 2.05) is 18.2 Å². The molecule has 0 saturated heterocycles. The van der Waals surface area contributed by atoms with E-state index >= 15 is 0 Å². The molecule has 0 spiro atoms. The van der Waals surface area contributed by atoms with Gasteiger partial charge in [0.05, 0.1) is 4.21 Å². The van der Waals surface area contributed by atoms with E-state index in [2.05, 4.69) is 35.2 Å². The first-order valence-electron chi connectivity index (χ1n) is 3.86. The van der Waals surface area contributed by atoms with Gasteiger partial charge in [0, 0.05) is 13.7 Å². The molecule has 72 valence electrons. The summed E-state index contributed by atoms with van der Waals surface area (Å²) >= 11 is 7.88. The lowest BCUT2D eigenvalue weighted by molar-refractivity contribution is 0.425. The van der Waals surface area contributed by atoms with Gasteiger partial charge in [0.2, 0.25) is 0 Å². The van der Waals surface area contributed by atoms with Gasteiger partial charge in [0.1, 0.15) is 0 Å². The average molecular weight is 336 g/mol. The fourth-order valence-corrected chi connectivity index (χ4v) is 3.30. The maximum Gasteiger partial charge on any atom is 0.491 e. The Morgan fingerprint density at radius 2 is 2.07 bits per heavy atom. The van der Waals surface area contributed by atoms with Crippen LogP contribution in [0, 0.1) is 3.57 Å². The first-order chi connectivity index (χ1) is 6.59. The van der Waals surface area contributed by atoms with Gasteiger partial charge in [-0.25, -0.2) is 0 Å². The zero-order chi connectivity index (χ0) is 10.3. The molecule has 0 atom stereocenters. The maximum atomic E-state index is 9.19. The summed E-state index contributed by atoms with van der Waals surface area (Å²) in [6, 6.07) is 5.88. The second kappa shape index (κ2) is 4.01. The number of halogens is 1. The second-order valence-electron chi connectivity index (χ2n) is 2.84. The topological polar surface area (TPSA) is 40.5 Å². The smallest absolute Gasteiger partial charge is 0.423 e. The molecule has 1 aromatic heterocycles. The largest absolute Gasteiger partial charge is 0.491 e. The van der Waals surface area contributed by atoms with Crippen LogP contribution in [0.1, 0.15) is 0 Å². The van der Waals surface area contributed by atoms with Crippen molar-refractivity contribution in [2.75, 3.05) is 0 Å². The van der Waals surface area contributed by atoms with E-state index in [0.29, 0.717) is 9.67 Å². The van der Waals surface area contributed by atoms with Crippen LogP contribution in [-0.2, 0) is 0 Å². The van der Waals surface area contributed by atoms with Crippen LogP contribution in [0.2, 0.25) is 0 Å². The quantitative estimate of drug-likeness (QED) is 0.419. The van der Waals surface area contributed by atoms with E-state index < -0.39 is 7.12 Å². The predicted octanol–water partition coefficient (Wildman–Crippen LogP) is 1.47. The Bertz CT molecular complexity index is 483. The van der Waals surface area contributed by atoms with E-state index in [0.717, 1.165) is 13.7 Å². The fraction of sp³-hybridized carbons (Fsp3) is 0. The molecule has 0 aliphatic heterocycles. The molecule has 2 N–H and O–H groups in total. The molecule has 2 aromatic rings. The molecule has 0 amide bonds. The Morgan fingerprint density at radius 1 is 1.36 bits per heavy atom. The lowest BCUT2D eigenvalue weighted by Crippen LogP contribution is -2.30. The highest BCUT2D eigenvalue weighted by atomic mass is 127. The van der Waals surface area contributed by atoms with E-state index in [4.69, 9.17) is 0 Å². The minimum atomic E-state index is -1.45. The van der Waals surface area contributed by atoms with Crippen LogP contribution in [0.5, 0.6) is 0 Å². The summed E-state index contributed by atoms with van der Waals surface area (Å²) in [6.07, 6.45) is 0. The molecule has 2 rings (SSSR count). The fourth-order valence-electron chi connectivity index (χ4n) is 1.33. The average Bonchev–Trinajstić information content (AvgIpc) is 2.40. The zero-order valence-electron chi connectivity index (χ0n) is 6.94. The summed E-state index contributed by atoms with van der Waals surface area (Å²) in [5.41, 5.74) is 0.506. The third-order valence-corrected chi connectivity index (χ3v) is 4.10. The number of rotatable bonds is 1. The Labute approximate surface area is 105 Å².